The Balaban J connectivity index is 1.95. The average molecular weight is 236 g/mol. The second-order valence-corrected chi connectivity index (χ2v) is 4.37. The van der Waals surface area contributed by atoms with Crippen LogP contribution in [0, 0.1) is 0 Å². The molecule has 5 heteroatoms. The van der Waals surface area contributed by atoms with Gasteiger partial charge in [-0.2, -0.15) is 4.98 Å². The molecule has 1 atom stereocenters. The lowest BCUT2D eigenvalue weighted by Crippen LogP contribution is -1.93. The van der Waals surface area contributed by atoms with E-state index in [4.69, 9.17) is 4.52 Å². The molecule has 1 heterocycles. The molecular formula is C11H12N2O2S. The van der Waals surface area contributed by atoms with Gasteiger partial charge in [0.1, 0.15) is 6.10 Å². The first kappa shape index (κ1) is 11.2. The highest BCUT2D eigenvalue weighted by atomic mass is 32.2. The van der Waals surface area contributed by atoms with Crippen molar-refractivity contribution in [3.8, 4) is 0 Å². The van der Waals surface area contributed by atoms with Crippen LogP contribution in [0.4, 0.5) is 0 Å². The fourth-order valence-corrected chi connectivity index (χ4v) is 1.92. The molecule has 1 aromatic carbocycles. The zero-order valence-corrected chi connectivity index (χ0v) is 9.65. The Morgan fingerprint density at radius 2 is 2.12 bits per heavy atom. The number of aromatic nitrogens is 2. The molecule has 0 aliphatic heterocycles. The number of hydrogen-bond donors (Lipinski definition) is 1. The molecule has 0 fully saturated rings. The number of hydrogen-bond acceptors (Lipinski definition) is 5. The topological polar surface area (TPSA) is 59.2 Å². The lowest BCUT2D eigenvalue weighted by Gasteiger charge is -1.96. The van der Waals surface area contributed by atoms with Crippen LogP contribution in [-0.2, 0) is 5.75 Å². The Labute approximate surface area is 97.7 Å². The molecule has 84 valence electrons. The Morgan fingerprint density at radius 3 is 2.75 bits per heavy atom. The van der Waals surface area contributed by atoms with E-state index >= 15 is 0 Å². The second kappa shape index (κ2) is 5.14. The van der Waals surface area contributed by atoms with Crippen LogP contribution in [-0.4, -0.2) is 15.2 Å². The molecule has 0 spiro atoms. The zero-order chi connectivity index (χ0) is 11.4. The van der Waals surface area contributed by atoms with Gasteiger partial charge in [-0.15, -0.1) is 11.8 Å². The predicted molar refractivity (Wildman–Crippen MR) is 60.9 cm³/mol. The van der Waals surface area contributed by atoms with Gasteiger partial charge in [0.05, 0.1) is 5.75 Å². The second-order valence-electron chi connectivity index (χ2n) is 3.32. The van der Waals surface area contributed by atoms with E-state index < -0.39 is 6.10 Å². The zero-order valence-electron chi connectivity index (χ0n) is 8.83. The summed E-state index contributed by atoms with van der Waals surface area (Å²) in [6.07, 6.45) is -0.681. The number of thioether (sulfide) groups is 1. The van der Waals surface area contributed by atoms with Crippen LogP contribution in [0.2, 0.25) is 0 Å². The van der Waals surface area contributed by atoms with Gasteiger partial charge in [-0.1, -0.05) is 23.4 Å². The molecule has 0 saturated carbocycles. The minimum absolute atomic E-state index is 0.337. The van der Waals surface area contributed by atoms with Crippen molar-refractivity contribution in [2.45, 2.75) is 23.7 Å². The van der Waals surface area contributed by atoms with Crippen molar-refractivity contribution in [2.24, 2.45) is 0 Å². The highest BCUT2D eigenvalue weighted by molar-refractivity contribution is 7.98. The van der Waals surface area contributed by atoms with Crippen LogP contribution in [0.1, 0.15) is 24.7 Å². The molecule has 1 aromatic heterocycles. The molecule has 0 bridgehead atoms. The van der Waals surface area contributed by atoms with Crippen molar-refractivity contribution in [1.29, 1.82) is 0 Å². The smallest absolute Gasteiger partial charge is 0.237 e. The van der Waals surface area contributed by atoms with Gasteiger partial charge in [0, 0.05) is 4.90 Å². The summed E-state index contributed by atoms with van der Waals surface area (Å²) < 4.78 is 5.01. The van der Waals surface area contributed by atoms with Crippen molar-refractivity contribution in [3.05, 3.63) is 42.0 Å². The van der Waals surface area contributed by atoms with Gasteiger partial charge >= 0.3 is 0 Å². The normalized spacial score (nSPS) is 12.6. The van der Waals surface area contributed by atoms with Crippen LogP contribution in [0.25, 0.3) is 0 Å². The Morgan fingerprint density at radius 1 is 1.38 bits per heavy atom. The van der Waals surface area contributed by atoms with Crippen LogP contribution in [0.5, 0.6) is 0 Å². The van der Waals surface area contributed by atoms with E-state index in [1.54, 1.807) is 18.7 Å². The summed E-state index contributed by atoms with van der Waals surface area (Å²) in [4.78, 5) is 5.23. The summed E-state index contributed by atoms with van der Waals surface area (Å²) in [5.41, 5.74) is 0. The van der Waals surface area contributed by atoms with E-state index in [-0.39, 0.29) is 0 Å². The minimum Gasteiger partial charge on any atom is -0.385 e. The largest absolute Gasteiger partial charge is 0.385 e. The standard InChI is InChI=1S/C11H12N2O2S/c1-8(14)11-12-10(15-13-11)7-16-9-5-3-2-4-6-9/h2-6,8,14H,7H2,1H3. The Kier molecular flexibility index (Phi) is 3.58. The molecule has 16 heavy (non-hydrogen) atoms. The molecule has 0 radical (unpaired) electrons. The van der Waals surface area contributed by atoms with Crippen LogP contribution in [0.15, 0.2) is 39.8 Å². The quantitative estimate of drug-likeness (QED) is 0.826. The molecule has 0 aliphatic carbocycles. The maximum Gasteiger partial charge on any atom is 0.237 e. The predicted octanol–water partition coefficient (Wildman–Crippen LogP) is 2.42. The Bertz CT molecular complexity index is 442. The van der Waals surface area contributed by atoms with Crippen molar-refractivity contribution in [1.82, 2.24) is 10.1 Å². The van der Waals surface area contributed by atoms with Crippen molar-refractivity contribution in [3.63, 3.8) is 0 Å². The summed E-state index contributed by atoms with van der Waals surface area (Å²) in [5, 5.41) is 12.9. The monoisotopic (exact) mass is 236 g/mol. The van der Waals surface area contributed by atoms with Gasteiger partial charge < -0.3 is 9.63 Å². The first-order valence-corrected chi connectivity index (χ1v) is 5.92. The summed E-state index contributed by atoms with van der Waals surface area (Å²) in [5.74, 6) is 1.48. The van der Waals surface area contributed by atoms with Crippen molar-refractivity contribution < 1.29 is 9.63 Å². The molecule has 1 N–H and O–H groups in total. The minimum atomic E-state index is -0.681. The van der Waals surface area contributed by atoms with E-state index in [1.807, 2.05) is 30.3 Å². The summed E-state index contributed by atoms with van der Waals surface area (Å²) in [6, 6.07) is 9.99. The lowest BCUT2D eigenvalue weighted by atomic mass is 10.4. The molecule has 2 rings (SSSR count). The van der Waals surface area contributed by atoms with Gasteiger partial charge in [-0.05, 0) is 19.1 Å². The van der Waals surface area contributed by atoms with Gasteiger partial charge in [-0.3, -0.25) is 0 Å². The van der Waals surface area contributed by atoms with E-state index in [0.717, 1.165) is 4.90 Å². The van der Waals surface area contributed by atoms with Gasteiger partial charge in [-0.25, -0.2) is 0 Å². The summed E-state index contributed by atoms with van der Waals surface area (Å²) in [6.45, 7) is 1.61. The van der Waals surface area contributed by atoms with Crippen LogP contribution >= 0.6 is 11.8 Å². The Hall–Kier alpha value is -1.33. The highest BCUT2D eigenvalue weighted by Gasteiger charge is 2.10. The first-order valence-electron chi connectivity index (χ1n) is 4.94. The van der Waals surface area contributed by atoms with Gasteiger partial charge in [0.15, 0.2) is 5.82 Å². The molecule has 0 aliphatic rings. The molecule has 4 nitrogen and oxygen atoms in total. The first-order chi connectivity index (χ1) is 7.75. The average Bonchev–Trinajstić information content (AvgIpc) is 2.76. The summed E-state index contributed by atoms with van der Waals surface area (Å²) >= 11 is 1.62. The maximum absolute atomic E-state index is 9.23. The van der Waals surface area contributed by atoms with E-state index in [9.17, 15) is 5.11 Å². The van der Waals surface area contributed by atoms with E-state index in [0.29, 0.717) is 17.5 Å². The van der Waals surface area contributed by atoms with Gasteiger partial charge in [0.25, 0.3) is 0 Å². The van der Waals surface area contributed by atoms with Crippen molar-refractivity contribution >= 4 is 11.8 Å². The highest BCUT2D eigenvalue weighted by Crippen LogP contribution is 2.21. The fraction of sp³-hybridized carbons (Fsp3) is 0.273. The lowest BCUT2D eigenvalue weighted by molar-refractivity contribution is 0.184. The van der Waals surface area contributed by atoms with Crippen molar-refractivity contribution in [2.75, 3.05) is 0 Å². The number of aliphatic hydroxyl groups excluding tert-OH is 1. The summed E-state index contributed by atoms with van der Waals surface area (Å²) in [7, 11) is 0. The molecule has 0 amide bonds. The molecule has 2 aromatic rings. The fourth-order valence-electron chi connectivity index (χ4n) is 1.16. The number of aliphatic hydroxyl groups is 1. The number of nitrogens with zero attached hydrogens (tertiary/aromatic N) is 2. The van der Waals surface area contributed by atoms with E-state index in [1.165, 1.54) is 0 Å². The SMILES string of the molecule is CC(O)c1noc(CSc2ccccc2)n1. The maximum atomic E-state index is 9.23. The number of benzene rings is 1. The van der Waals surface area contributed by atoms with Crippen LogP contribution < -0.4 is 0 Å². The van der Waals surface area contributed by atoms with Gasteiger partial charge in [0.2, 0.25) is 5.89 Å². The van der Waals surface area contributed by atoms with E-state index in [2.05, 4.69) is 10.1 Å². The van der Waals surface area contributed by atoms with Crippen LogP contribution in [0.3, 0.4) is 0 Å². The molecular weight excluding hydrogens is 224 g/mol. The third-order valence-corrected chi connectivity index (χ3v) is 2.96. The molecule has 1 unspecified atom stereocenters. The third kappa shape index (κ3) is 2.84. The number of rotatable bonds is 4. The molecule has 0 saturated heterocycles. The third-order valence-electron chi connectivity index (χ3n) is 1.96.